The van der Waals surface area contributed by atoms with E-state index < -0.39 is 0 Å². The lowest BCUT2D eigenvalue weighted by atomic mass is 9.55. The van der Waals surface area contributed by atoms with Crippen molar-refractivity contribution in [3.05, 3.63) is 39.7 Å². The first-order valence-electron chi connectivity index (χ1n) is 12.2. The van der Waals surface area contributed by atoms with Gasteiger partial charge in [-0.15, -0.1) is 11.3 Å². The standard InChI is InChI=1S/C26H32N6OS/c1-13(2)20-21-16(5)23(18-6-7-26(18)10-31(11-26)9-19(27)33)34-25(21)30-22(20)17-8-32-24(28-12-29-32)15(4)14(17)3/h8,12-13,18,30H,6-7,9-11H2,1-5H3,(H2,27,33). The zero-order valence-corrected chi connectivity index (χ0v) is 21.3. The maximum absolute atomic E-state index is 11.3. The average Bonchev–Trinajstić information content (AvgIpc) is 3.41. The monoisotopic (exact) mass is 476 g/mol. The minimum absolute atomic E-state index is 0.227. The Morgan fingerprint density at radius 1 is 1.26 bits per heavy atom. The normalized spacial score (nSPS) is 19.9. The first kappa shape index (κ1) is 21.8. The Morgan fingerprint density at radius 3 is 2.68 bits per heavy atom. The van der Waals surface area contributed by atoms with Crippen molar-refractivity contribution in [2.24, 2.45) is 11.1 Å². The number of aromatic nitrogens is 4. The van der Waals surface area contributed by atoms with Gasteiger partial charge in [0.05, 0.1) is 12.2 Å². The second-order valence-corrected chi connectivity index (χ2v) is 11.8. The molecule has 3 N–H and O–H groups in total. The molecule has 4 aromatic rings. The van der Waals surface area contributed by atoms with Gasteiger partial charge in [0, 0.05) is 46.4 Å². The van der Waals surface area contributed by atoms with Crippen molar-refractivity contribution in [3.63, 3.8) is 0 Å². The average molecular weight is 477 g/mol. The third kappa shape index (κ3) is 2.94. The van der Waals surface area contributed by atoms with Crippen LogP contribution in [-0.2, 0) is 4.79 Å². The minimum atomic E-state index is -0.227. The fraction of sp³-hybridized carbons (Fsp3) is 0.500. The highest BCUT2D eigenvalue weighted by Crippen LogP contribution is 2.61. The number of carbonyl (C=O) groups excluding carboxylic acids is 1. The molecule has 0 bridgehead atoms. The number of nitrogens with zero attached hydrogens (tertiary/aromatic N) is 4. The number of nitrogens with one attached hydrogen (secondary N) is 1. The molecule has 1 atom stereocenters. The van der Waals surface area contributed by atoms with Gasteiger partial charge in [-0.3, -0.25) is 9.69 Å². The number of aromatic amines is 1. The van der Waals surface area contributed by atoms with Crippen LogP contribution in [0.3, 0.4) is 0 Å². The lowest BCUT2D eigenvalue weighted by Gasteiger charge is -2.60. The van der Waals surface area contributed by atoms with E-state index in [1.165, 1.54) is 61.4 Å². The van der Waals surface area contributed by atoms with Crippen molar-refractivity contribution < 1.29 is 4.79 Å². The number of hydrogen-bond acceptors (Lipinski definition) is 5. The lowest BCUT2D eigenvalue weighted by Crippen LogP contribution is -2.64. The largest absolute Gasteiger partial charge is 0.369 e. The summed E-state index contributed by atoms with van der Waals surface area (Å²) in [7, 11) is 0. The molecule has 1 aliphatic heterocycles. The van der Waals surface area contributed by atoms with Gasteiger partial charge in [-0.25, -0.2) is 9.50 Å². The van der Waals surface area contributed by atoms with Crippen LogP contribution < -0.4 is 5.73 Å². The minimum Gasteiger partial charge on any atom is -0.369 e. The third-order valence-electron chi connectivity index (χ3n) is 8.38. The van der Waals surface area contributed by atoms with Crippen molar-refractivity contribution in [2.45, 2.75) is 59.3 Å². The van der Waals surface area contributed by atoms with Crippen LogP contribution in [0.1, 0.15) is 65.7 Å². The number of primary amides is 1. The Balaban J connectivity index is 1.43. The van der Waals surface area contributed by atoms with Gasteiger partial charge in [-0.1, -0.05) is 13.8 Å². The van der Waals surface area contributed by atoms with E-state index in [-0.39, 0.29) is 5.91 Å². The van der Waals surface area contributed by atoms with Crippen LogP contribution in [0, 0.1) is 26.2 Å². The molecule has 34 heavy (non-hydrogen) atoms. The first-order valence-corrected chi connectivity index (χ1v) is 13.0. The Morgan fingerprint density at radius 2 is 2.03 bits per heavy atom. The smallest absolute Gasteiger partial charge is 0.231 e. The summed E-state index contributed by atoms with van der Waals surface area (Å²) in [5.41, 5.74) is 14.3. The predicted molar refractivity (Wildman–Crippen MR) is 136 cm³/mol. The van der Waals surface area contributed by atoms with Gasteiger partial charge < -0.3 is 10.7 Å². The summed E-state index contributed by atoms with van der Waals surface area (Å²) >= 11 is 1.94. The summed E-state index contributed by atoms with van der Waals surface area (Å²) in [5, 5.41) is 5.81. The molecular weight excluding hydrogens is 444 g/mol. The molecule has 0 aromatic carbocycles. The van der Waals surface area contributed by atoms with Crippen LogP contribution in [0.4, 0.5) is 0 Å². The zero-order valence-electron chi connectivity index (χ0n) is 20.5. The zero-order chi connectivity index (χ0) is 23.9. The molecule has 1 spiro atoms. The van der Waals surface area contributed by atoms with E-state index in [0.717, 1.165) is 18.7 Å². The molecule has 1 amide bonds. The maximum atomic E-state index is 11.3. The Hall–Kier alpha value is -2.71. The molecule has 1 unspecified atom stereocenters. The summed E-state index contributed by atoms with van der Waals surface area (Å²) in [6.07, 6.45) is 6.22. The number of pyridine rings is 1. The number of hydrogen-bond donors (Lipinski definition) is 2. The van der Waals surface area contributed by atoms with Crippen molar-refractivity contribution in [2.75, 3.05) is 19.6 Å². The summed E-state index contributed by atoms with van der Waals surface area (Å²) in [4.78, 5) is 24.6. The Kier molecular flexibility index (Phi) is 4.74. The quantitative estimate of drug-likeness (QED) is 0.438. The van der Waals surface area contributed by atoms with Gasteiger partial charge in [0.1, 0.15) is 11.2 Å². The van der Waals surface area contributed by atoms with Gasteiger partial charge in [0.2, 0.25) is 5.91 Å². The van der Waals surface area contributed by atoms with E-state index in [1.54, 1.807) is 6.33 Å². The molecule has 8 heteroatoms. The molecule has 1 saturated heterocycles. The van der Waals surface area contributed by atoms with Crippen LogP contribution in [0.25, 0.3) is 27.1 Å². The number of carbonyl (C=O) groups is 1. The second-order valence-electron chi connectivity index (χ2n) is 10.7. The molecule has 7 nitrogen and oxygen atoms in total. The molecule has 4 aromatic heterocycles. The number of amides is 1. The van der Waals surface area contributed by atoms with E-state index in [9.17, 15) is 4.79 Å². The fourth-order valence-corrected chi connectivity index (χ4v) is 7.99. The third-order valence-corrected chi connectivity index (χ3v) is 9.70. The van der Waals surface area contributed by atoms with Crippen molar-refractivity contribution in [3.8, 4) is 11.3 Å². The maximum Gasteiger partial charge on any atom is 0.231 e. The summed E-state index contributed by atoms with van der Waals surface area (Å²) < 4.78 is 1.89. The van der Waals surface area contributed by atoms with Gasteiger partial charge in [0.25, 0.3) is 0 Å². The van der Waals surface area contributed by atoms with E-state index >= 15 is 0 Å². The Bertz CT molecular complexity index is 1450. The summed E-state index contributed by atoms with van der Waals surface area (Å²) in [6, 6.07) is 0. The van der Waals surface area contributed by atoms with E-state index in [4.69, 9.17) is 5.73 Å². The van der Waals surface area contributed by atoms with Gasteiger partial charge in [-0.2, -0.15) is 5.10 Å². The summed E-state index contributed by atoms with van der Waals surface area (Å²) in [6.45, 7) is 13.6. The molecule has 2 aliphatic rings. The van der Waals surface area contributed by atoms with Crippen LogP contribution >= 0.6 is 11.3 Å². The van der Waals surface area contributed by atoms with Crippen LogP contribution in [0.5, 0.6) is 0 Å². The number of aryl methyl sites for hydroxylation is 2. The Labute approximate surface area is 203 Å². The first-order chi connectivity index (χ1) is 16.2. The number of fused-ring (bicyclic) bond motifs is 2. The molecule has 2 fully saturated rings. The van der Waals surface area contributed by atoms with Crippen LogP contribution in [0.2, 0.25) is 0 Å². The van der Waals surface area contributed by atoms with Gasteiger partial charge in [0.15, 0.2) is 5.65 Å². The molecule has 1 aliphatic carbocycles. The summed E-state index contributed by atoms with van der Waals surface area (Å²) in [5.74, 6) is 0.748. The molecular formula is C26H32N6OS. The molecule has 6 rings (SSSR count). The SMILES string of the molecule is Cc1c(-c2[nH]c3sc(C4CCC45CN(CC(N)=O)C5)c(C)c3c2C(C)C)cn2ncnc2c1C. The van der Waals surface area contributed by atoms with Crippen molar-refractivity contribution in [1.82, 2.24) is 24.5 Å². The number of likely N-dealkylation sites (tertiary alicyclic amines) is 1. The fourth-order valence-electron chi connectivity index (χ4n) is 6.49. The van der Waals surface area contributed by atoms with Crippen molar-refractivity contribution in [1.29, 1.82) is 0 Å². The highest BCUT2D eigenvalue weighted by atomic mass is 32.1. The van der Waals surface area contributed by atoms with E-state index in [0.29, 0.717) is 23.8 Å². The highest BCUT2D eigenvalue weighted by molar-refractivity contribution is 7.19. The second kappa shape index (κ2) is 7.39. The highest BCUT2D eigenvalue weighted by Gasteiger charge is 2.55. The lowest BCUT2D eigenvalue weighted by molar-refractivity contribution is -0.127. The predicted octanol–water partition coefficient (Wildman–Crippen LogP) is 4.65. The topological polar surface area (TPSA) is 92.3 Å². The molecule has 0 radical (unpaired) electrons. The number of nitrogens with two attached hydrogens (primary N) is 1. The van der Waals surface area contributed by atoms with Gasteiger partial charge in [-0.05, 0) is 61.8 Å². The molecule has 1 saturated carbocycles. The van der Waals surface area contributed by atoms with Gasteiger partial charge >= 0.3 is 0 Å². The van der Waals surface area contributed by atoms with Crippen LogP contribution in [-0.4, -0.2) is 50.0 Å². The van der Waals surface area contributed by atoms with Crippen molar-refractivity contribution >= 4 is 33.1 Å². The number of thiophene rings is 1. The molecule has 178 valence electrons. The van der Waals surface area contributed by atoms with E-state index in [2.05, 4.69) is 60.8 Å². The van der Waals surface area contributed by atoms with Crippen LogP contribution in [0.15, 0.2) is 12.5 Å². The molecule has 5 heterocycles. The number of H-pyrrole nitrogens is 1. The number of rotatable bonds is 5. The van der Waals surface area contributed by atoms with E-state index in [1.807, 2.05) is 15.9 Å².